The zero-order chi connectivity index (χ0) is 23.7. The summed E-state index contributed by atoms with van der Waals surface area (Å²) in [6.07, 6.45) is 3.42. The van der Waals surface area contributed by atoms with Crippen LogP contribution in [0.1, 0.15) is 54.8 Å². The van der Waals surface area contributed by atoms with Crippen LogP contribution in [0.25, 0.3) is 0 Å². The summed E-state index contributed by atoms with van der Waals surface area (Å²) in [7, 11) is 0. The molecule has 2 aromatic rings. The number of thiophene rings is 1. The molecule has 1 saturated heterocycles. The van der Waals surface area contributed by atoms with E-state index in [0.29, 0.717) is 17.3 Å². The molecule has 3 rings (SSSR count). The van der Waals surface area contributed by atoms with E-state index in [1.807, 2.05) is 18.2 Å². The molecule has 2 atom stereocenters. The van der Waals surface area contributed by atoms with E-state index < -0.39 is 5.41 Å². The Hall–Kier alpha value is -2.69. The van der Waals surface area contributed by atoms with Crippen LogP contribution in [0, 0.1) is 39.9 Å². The number of nitriles is 3. The molecule has 1 aromatic heterocycles. The standard InChI is InChI=1S/C27H33N5S/c1-22(2)27(21-30,26-11-10-25(18-29)33-26)13-6-15-31-17-12-24(20-31)32(16-7-14-28)19-23-8-4-3-5-9-23/h3-5,8-11,22,24H,6-7,12-13,15-17,19-20H2,1-2H3. The Morgan fingerprint density at radius 1 is 1.15 bits per heavy atom. The van der Waals surface area contributed by atoms with E-state index in [1.165, 1.54) is 16.9 Å². The van der Waals surface area contributed by atoms with Gasteiger partial charge in [-0.2, -0.15) is 15.8 Å². The maximum absolute atomic E-state index is 10.1. The van der Waals surface area contributed by atoms with Gasteiger partial charge in [-0.3, -0.25) is 4.90 Å². The van der Waals surface area contributed by atoms with E-state index in [1.54, 1.807) is 0 Å². The van der Waals surface area contributed by atoms with Crippen molar-refractivity contribution in [2.24, 2.45) is 5.92 Å². The second-order valence-electron chi connectivity index (χ2n) is 9.22. The highest BCUT2D eigenvalue weighted by molar-refractivity contribution is 7.12. The third-order valence-electron chi connectivity index (χ3n) is 6.89. The van der Waals surface area contributed by atoms with Crippen molar-refractivity contribution in [1.29, 1.82) is 15.8 Å². The lowest BCUT2D eigenvalue weighted by Crippen LogP contribution is -2.38. The highest BCUT2D eigenvalue weighted by Crippen LogP contribution is 2.40. The van der Waals surface area contributed by atoms with Crippen LogP contribution in [0.2, 0.25) is 0 Å². The summed E-state index contributed by atoms with van der Waals surface area (Å²) < 4.78 is 0. The van der Waals surface area contributed by atoms with Crippen LogP contribution >= 0.6 is 11.3 Å². The van der Waals surface area contributed by atoms with Gasteiger partial charge in [0.05, 0.1) is 17.6 Å². The van der Waals surface area contributed by atoms with E-state index in [2.05, 4.69) is 66.1 Å². The van der Waals surface area contributed by atoms with E-state index in [4.69, 9.17) is 5.26 Å². The van der Waals surface area contributed by atoms with Crippen LogP contribution in [0.15, 0.2) is 42.5 Å². The second kappa shape index (κ2) is 12.0. The highest BCUT2D eigenvalue weighted by atomic mass is 32.1. The Balaban J connectivity index is 1.59. The summed E-state index contributed by atoms with van der Waals surface area (Å²) >= 11 is 1.46. The maximum Gasteiger partial charge on any atom is 0.110 e. The van der Waals surface area contributed by atoms with E-state index >= 15 is 0 Å². The Morgan fingerprint density at radius 2 is 1.94 bits per heavy atom. The number of benzene rings is 1. The zero-order valence-electron chi connectivity index (χ0n) is 19.7. The van der Waals surface area contributed by atoms with Crippen molar-refractivity contribution in [3.8, 4) is 18.2 Å². The van der Waals surface area contributed by atoms with Gasteiger partial charge in [0.1, 0.15) is 10.9 Å². The molecule has 1 aliphatic rings. The second-order valence-corrected chi connectivity index (χ2v) is 10.3. The number of rotatable bonds is 11. The molecular formula is C27H33N5S. The molecule has 2 heterocycles. The quantitative estimate of drug-likeness (QED) is 0.455. The van der Waals surface area contributed by atoms with E-state index in [0.717, 1.165) is 56.9 Å². The number of nitrogens with zero attached hydrogens (tertiary/aromatic N) is 5. The van der Waals surface area contributed by atoms with Crippen molar-refractivity contribution in [3.05, 3.63) is 57.8 Å². The Bertz CT molecular complexity index is 1010. The van der Waals surface area contributed by atoms with Gasteiger partial charge in [-0.05, 0) is 56.0 Å². The van der Waals surface area contributed by atoms with Crippen LogP contribution in [0.4, 0.5) is 0 Å². The van der Waals surface area contributed by atoms with Gasteiger partial charge in [-0.25, -0.2) is 0 Å². The largest absolute Gasteiger partial charge is 0.302 e. The lowest BCUT2D eigenvalue weighted by atomic mass is 9.73. The third-order valence-corrected chi connectivity index (χ3v) is 8.06. The Kier molecular flexibility index (Phi) is 9.04. The van der Waals surface area contributed by atoms with Crippen molar-refractivity contribution in [1.82, 2.24) is 9.80 Å². The fraction of sp³-hybridized carbons (Fsp3) is 0.519. The smallest absolute Gasteiger partial charge is 0.110 e. The van der Waals surface area contributed by atoms with Crippen molar-refractivity contribution in [2.45, 2.75) is 57.5 Å². The van der Waals surface area contributed by atoms with Crippen molar-refractivity contribution in [2.75, 3.05) is 26.2 Å². The molecule has 2 unspecified atom stereocenters. The summed E-state index contributed by atoms with van der Waals surface area (Å²) in [5.41, 5.74) is 0.753. The molecule has 0 amide bonds. The molecule has 0 bridgehead atoms. The first kappa shape index (κ1) is 24.9. The minimum Gasteiger partial charge on any atom is -0.302 e. The highest BCUT2D eigenvalue weighted by Gasteiger charge is 2.37. The third kappa shape index (κ3) is 6.21. The number of likely N-dealkylation sites (tertiary alicyclic amines) is 1. The molecule has 6 heteroatoms. The Morgan fingerprint density at radius 3 is 2.58 bits per heavy atom. The Labute approximate surface area is 202 Å². The van der Waals surface area contributed by atoms with Gasteiger partial charge in [-0.1, -0.05) is 44.2 Å². The van der Waals surface area contributed by atoms with Crippen LogP contribution < -0.4 is 0 Å². The minimum absolute atomic E-state index is 0.186. The molecule has 1 aliphatic heterocycles. The van der Waals surface area contributed by atoms with Gasteiger partial charge >= 0.3 is 0 Å². The minimum atomic E-state index is -0.537. The van der Waals surface area contributed by atoms with Gasteiger partial charge in [0.15, 0.2) is 0 Å². The topological polar surface area (TPSA) is 77.8 Å². The molecule has 0 saturated carbocycles. The van der Waals surface area contributed by atoms with Gasteiger partial charge in [0, 0.05) is 37.0 Å². The van der Waals surface area contributed by atoms with E-state index in [-0.39, 0.29) is 5.92 Å². The molecule has 1 aromatic carbocycles. The first-order chi connectivity index (χ1) is 16.0. The summed E-state index contributed by atoms with van der Waals surface area (Å²) in [5.74, 6) is 0.186. The summed E-state index contributed by atoms with van der Waals surface area (Å²) in [6, 6.07) is 21.9. The number of hydrogen-bond donors (Lipinski definition) is 0. The van der Waals surface area contributed by atoms with Crippen LogP contribution in [-0.2, 0) is 12.0 Å². The van der Waals surface area contributed by atoms with Gasteiger partial charge < -0.3 is 4.90 Å². The van der Waals surface area contributed by atoms with Crippen molar-refractivity contribution < 1.29 is 0 Å². The molecule has 0 radical (unpaired) electrons. The molecule has 5 nitrogen and oxygen atoms in total. The van der Waals surface area contributed by atoms with Crippen molar-refractivity contribution >= 4 is 11.3 Å². The SMILES string of the molecule is CC(C)C(C#N)(CCCN1CCC(N(CCC#N)Cc2ccccc2)C1)c1ccc(C#N)s1. The molecule has 0 aliphatic carbocycles. The predicted molar refractivity (Wildman–Crippen MR) is 132 cm³/mol. The molecule has 0 spiro atoms. The first-order valence-corrected chi connectivity index (χ1v) is 12.6. The van der Waals surface area contributed by atoms with Gasteiger partial charge in [0.2, 0.25) is 0 Å². The average molecular weight is 460 g/mol. The number of hydrogen-bond acceptors (Lipinski definition) is 6. The van der Waals surface area contributed by atoms with Crippen LogP contribution in [0.5, 0.6) is 0 Å². The molecule has 0 N–H and O–H groups in total. The zero-order valence-corrected chi connectivity index (χ0v) is 20.5. The molecule has 172 valence electrons. The fourth-order valence-corrected chi connectivity index (χ4v) is 5.99. The first-order valence-electron chi connectivity index (χ1n) is 11.8. The maximum atomic E-state index is 10.1. The normalized spacial score (nSPS) is 18.0. The molecular weight excluding hydrogens is 426 g/mol. The van der Waals surface area contributed by atoms with Crippen LogP contribution in [-0.4, -0.2) is 42.0 Å². The lowest BCUT2D eigenvalue weighted by Gasteiger charge is -2.31. The van der Waals surface area contributed by atoms with Gasteiger partial charge in [0.25, 0.3) is 0 Å². The lowest BCUT2D eigenvalue weighted by molar-refractivity contribution is 0.186. The summed E-state index contributed by atoms with van der Waals surface area (Å²) in [5, 5.41) is 28.5. The average Bonchev–Trinajstić information content (AvgIpc) is 3.50. The van der Waals surface area contributed by atoms with Crippen molar-refractivity contribution in [3.63, 3.8) is 0 Å². The molecule has 33 heavy (non-hydrogen) atoms. The van der Waals surface area contributed by atoms with Crippen LogP contribution in [0.3, 0.4) is 0 Å². The fourth-order valence-electron chi connectivity index (χ4n) is 4.87. The predicted octanol–water partition coefficient (Wildman–Crippen LogP) is 5.31. The van der Waals surface area contributed by atoms with E-state index in [9.17, 15) is 10.5 Å². The van der Waals surface area contributed by atoms with Gasteiger partial charge in [-0.15, -0.1) is 11.3 Å². The summed E-state index contributed by atoms with van der Waals surface area (Å²) in [4.78, 5) is 6.65. The molecule has 1 fully saturated rings. The summed E-state index contributed by atoms with van der Waals surface area (Å²) in [6.45, 7) is 8.94. The monoisotopic (exact) mass is 459 g/mol.